The van der Waals surface area contributed by atoms with Crippen molar-refractivity contribution in [3.05, 3.63) is 59.8 Å². The highest BCUT2D eigenvalue weighted by Crippen LogP contribution is 2.33. The largest absolute Gasteiger partial charge is 0.377 e. The number of nitriles is 1. The van der Waals surface area contributed by atoms with Crippen molar-refractivity contribution in [3.63, 3.8) is 0 Å². The van der Waals surface area contributed by atoms with Crippen LogP contribution in [-0.4, -0.2) is 19.1 Å². The lowest BCUT2D eigenvalue weighted by molar-refractivity contribution is 1.12. The fourth-order valence-electron chi connectivity index (χ4n) is 2.86. The summed E-state index contributed by atoms with van der Waals surface area (Å²) in [5, 5.41) is 10.1. The maximum absolute atomic E-state index is 8.93. The van der Waals surface area contributed by atoms with Gasteiger partial charge in [0.2, 0.25) is 0 Å². The zero-order valence-corrected chi connectivity index (χ0v) is 13.0. The van der Waals surface area contributed by atoms with Gasteiger partial charge in [0.15, 0.2) is 0 Å². The lowest BCUT2D eigenvalue weighted by Gasteiger charge is -2.19. The lowest BCUT2D eigenvalue weighted by Crippen LogP contribution is -2.11. The van der Waals surface area contributed by atoms with Crippen molar-refractivity contribution in [2.75, 3.05) is 19.0 Å². The Labute approximate surface area is 130 Å². The molecule has 0 radical (unpaired) electrons. The molecule has 3 nitrogen and oxygen atoms in total. The number of benzene rings is 2. The van der Waals surface area contributed by atoms with Gasteiger partial charge in [-0.15, -0.1) is 0 Å². The molecule has 3 aromatic rings. The smallest absolute Gasteiger partial charge is 0.0991 e. The van der Waals surface area contributed by atoms with E-state index in [1.807, 2.05) is 30.5 Å². The van der Waals surface area contributed by atoms with Crippen molar-refractivity contribution < 1.29 is 0 Å². The monoisotopic (exact) mass is 287 g/mol. The second kappa shape index (κ2) is 5.50. The molecule has 0 aliphatic heterocycles. The molecule has 0 saturated carbocycles. The van der Waals surface area contributed by atoms with Gasteiger partial charge in [0.05, 0.1) is 22.8 Å². The number of nitrogens with zero attached hydrogens (tertiary/aromatic N) is 3. The summed E-state index contributed by atoms with van der Waals surface area (Å²) in [7, 11) is 4.10. The Hall–Kier alpha value is -2.86. The summed E-state index contributed by atoms with van der Waals surface area (Å²) >= 11 is 0. The summed E-state index contributed by atoms with van der Waals surface area (Å²) in [5.74, 6) is 0. The van der Waals surface area contributed by atoms with E-state index in [2.05, 4.69) is 55.2 Å². The van der Waals surface area contributed by atoms with Crippen LogP contribution in [0, 0.1) is 18.3 Å². The molecule has 0 unspecified atom stereocenters. The first-order valence-electron chi connectivity index (χ1n) is 7.18. The zero-order valence-electron chi connectivity index (χ0n) is 13.0. The normalized spacial score (nSPS) is 10.5. The standard InChI is InChI=1S/C19H17N3/c1-13-12-21-18-16(15-9-7-14(11-20)8-10-15)5-4-6-17(18)19(13)22(2)3/h4-10,12H,1-3H3. The molecule has 3 heteroatoms. The van der Waals surface area contributed by atoms with E-state index < -0.39 is 0 Å². The van der Waals surface area contributed by atoms with E-state index >= 15 is 0 Å². The fourth-order valence-corrected chi connectivity index (χ4v) is 2.86. The molecule has 0 N–H and O–H groups in total. The maximum Gasteiger partial charge on any atom is 0.0991 e. The van der Waals surface area contributed by atoms with Crippen molar-refractivity contribution >= 4 is 16.6 Å². The number of hydrogen-bond donors (Lipinski definition) is 0. The SMILES string of the molecule is Cc1cnc2c(-c3ccc(C#N)cc3)cccc2c1N(C)C. The van der Waals surface area contributed by atoms with Gasteiger partial charge in [-0.05, 0) is 30.2 Å². The van der Waals surface area contributed by atoms with Crippen LogP contribution in [0.5, 0.6) is 0 Å². The highest BCUT2D eigenvalue weighted by molar-refractivity contribution is 6.01. The third kappa shape index (κ3) is 2.29. The van der Waals surface area contributed by atoms with E-state index in [0.29, 0.717) is 5.56 Å². The topological polar surface area (TPSA) is 39.9 Å². The average Bonchev–Trinajstić information content (AvgIpc) is 2.53. The highest BCUT2D eigenvalue weighted by atomic mass is 15.1. The van der Waals surface area contributed by atoms with Crippen molar-refractivity contribution in [1.29, 1.82) is 5.26 Å². The molecule has 22 heavy (non-hydrogen) atoms. The Morgan fingerprint density at radius 3 is 2.41 bits per heavy atom. The average molecular weight is 287 g/mol. The molecule has 0 spiro atoms. The minimum Gasteiger partial charge on any atom is -0.377 e. The Morgan fingerprint density at radius 2 is 1.77 bits per heavy atom. The van der Waals surface area contributed by atoms with Crippen molar-refractivity contribution in [3.8, 4) is 17.2 Å². The zero-order chi connectivity index (χ0) is 15.7. The van der Waals surface area contributed by atoms with Gasteiger partial charge in [0.1, 0.15) is 0 Å². The van der Waals surface area contributed by atoms with Crippen LogP contribution >= 0.6 is 0 Å². The predicted octanol–water partition coefficient (Wildman–Crippen LogP) is 4.15. The number of rotatable bonds is 2. The van der Waals surface area contributed by atoms with Gasteiger partial charge in [0, 0.05) is 31.2 Å². The number of fused-ring (bicyclic) bond motifs is 1. The Bertz CT molecular complexity index is 872. The summed E-state index contributed by atoms with van der Waals surface area (Å²) in [6, 6.07) is 16.0. The van der Waals surface area contributed by atoms with Gasteiger partial charge < -0.3 is 4.90 Å². The molecule has 1 heterocycles. The second-order valence-corrected chi connectivity index (χ2v) is 5.58. The first-order valence-corrected chi connectivity index (χ1v) is 7.18. The van der Waals surface area contributed by atoms with E-state index in [-0.39, 0.29) is 0 Å². The van der Waals surface area contributed by atoms with Crippen LogP contribution in [-0.2, 0) is 0 Å². The Morgan fingerprint density at radius 1 is 1.05 bits per heavy atom. The summed E-state index contributed by atoms with van der Waals surface area (Å²) in [5.41, 5.74) is 6.18. The molecular weight excluding hydrogens is 270 g/mol. The molecule has 0 amide bonds. The van der Waals surface area contributed by atoms with Crippen LogP contribution in [0.15, 0.2) is 48.7 Å². The first-order chi connectivity index (χ1) is 10.6. The van der Waals surface area contributed by atoms with Gasteiger partial charge in [-0.2, -0.15) is 5.26 Å². The second-order valence-electron chi connectivity index (χ2n) is 5.58. The van der Waals surface area contributed by atoms with Crippen LogP contribution in [0.25, 0.3) is 22.0 Å². The Kier molecular flexibility index (Phi) is 3.52. The van der Waals surface area contributed by atoms with E-state index in [1.165, 1.54) is 5.69 Å². The minimum absolute atomic E-state index is 0.668. The van der Waals surface area contributed by atoms with Crippen LogP contribution in [0.1, 0.15) is 11.1 Å². The lowest BCUT2D eigenvalue weighted by atomic mass is 9.99. The molecule has 0 aliphatic rings. The number of aromatic nitrogens is 1. The van der Waals surface area contributed by atoms with Crippen molar-refractivity contribution in [2.24, 2.45) is 0 Å². The van der Waals surface area contributed by atoms with Gasteiger partial charge in [-0.3, -0.25) is 4.98 Å². The minimum atomic E-state index is 0.668. The van der Waals surface area contributed by atoms with Crippen LogP contribution in [0.3, 0.4) is 0 Å². The molecule has 0 aliphatic carbocycles. The predicted molar refractivity (Wildman–Crippen MR) is 91.0 cm³/mol. The number of pyridine rings is 1. The maximum atomic E-state index is 8.93. The summed E-state index contributed by atoms with van der Waals surface area (Å²) < 4.78 is 0. The number of anilines is 1. The van der Waals surface area contributed by atoms with E-state index in [9.17, 15) is 0 Å². The number of aryl methyl sites for hydroxylation is 1. The van der Waals surface area contributed by atoms with Crippen molar-refractivity contribution in [1.82, 2.24) is 4.98 Å². The van der Waals surface area contributed by atoms with Gasteiger partial charge in [-0.25, -0.2) is 0 Å². The molecule has 0 fully saturated rings. The third-order valence-electron chi connectivity index (χ3n) is 3.82. The molecule has 3 rings (SSSR count). The van der Waals surface area contributed by atoms with Crippen LogP contribution in [0.2, 0.25) is 0 Å². The third-order valence-corrected chi connectivity index (χ3v) is 3.82. The summed E-state index contributed by atoms with van der Waals surface area (Å²) in [6.45, 7) is 2.08. The van der Waals surface area contributed by atoms with Gasteiger partial charge in [-0.1, -0.05) is 30.3 Å². The van der Waals surface area contributed by atoms with E-state index in [1.54, 1.807) is 0 Å². The Balaban J connectivity index is 2.27. The highest BCUT2D eigenvalue weighted by Gasteiger charge is 2.11. The van der Waals surface area contributed by atoms with Crippen LogP contribution in [0.4, 0.5) is 5.69 Å². The van der Waals surface area contributed by atoms with Crippen LogP contribution < -0.4 is 4.90 Å². The fraction of sp³-hybridized carbons (Fsp3) is 0.158. The van der Waals surface area contributed by atoms with Crippen molar-refractivity contribution in [2.45, 2.75) is 6.92 Å². The molecule has 108 valence electrons. The van der Waals surface area contributed by atoms with E-state index in [0.717, 1.165) is 27.6 Å². The van der Waals surface area contributed by atoms with E-state index in [4.69, 9.17) is 5.26 Å². The first kappa shape index (κ1) is 14.1. The molecular formula is C19H17N3. The summed E-state index contributed by atoms with van der Waals surface area (Å²) in [6.07, 6.45) is 1.92. The molecule has 2 aromatic carbocycles. The molecule has 0 bridgehead atoms. The van der Waals surface area contributed by atoms with Gasteiger partial charge >= 0.3 is 0 Å². The molecule has 0 saturated heterocycles. The molecule has 1 aromatic heterocycles. The number of para-hydroxylation sites is 1. The quantitative estimate of drug-likeness (QED) is 0.711. The van der Waals surface area contributed by atoms with Gasteiger partial charge in [0.25, 0.3) is 0 Å². The molecule has 0 atom stereocenters. The number of hydrogen-bond acceptors (Lipinski definition) is 3. The summed E-state index contributed by atoms with van der Waals surface area (Å²) in [4.78, 5) is 6.78.